The number of anilines is 1. The third-order valence-corrected chi connectivity index (χ3v) is 2.57. The van der Waals surface area contributed by atoms with Crippen molar-refractivity contribution in [2.45, 2.75) is 6.54 Å². The molecule has 0 saturated carbocycles. The van der Waals surface area contributed by atoms with E-state index in [0.29, 0.717) is 18.1 Å². The lowest BCUT2D eigenvalue weighted by Crippen LogP contribution is -2.23. The Balaban J connectivity index is 1.99. The fourth-order valence-corrected chi connectivity index (χ4v) is 1.56. The SMILES string of the molecule is CN(C)c1nccc(CNC(=O)c2ccccc2)n1. The largest absolute Gasteiger partial charge is 0.347 e. The van der Waals surface area contributed by atoms with Gasteiger partial charge in [0.25, 0.3) is 5.91 Å². The molecule has 2 rings (SSSR count). The normalized spacial score (nSPS) is 10.0. The molecule has 5 nitrogen and oxygen atoms in total. The minimum Gasteiger partial charge on any atom is -0.347 e. The summed E-state index contributed by atoms with van der Waals surface area (Å²) in [5, 5.41) is 2.83. The van der Waals surface area contributed by atoms with Crippen LogP contribution in [0.15, 0.2) is 42.6 Å². The van der Waals surface area contributed by atoms with Crippen LogP contribution in [-0.4, -0.2) is 30.0 Å². The van der Waals surface area contributed by atoms with Crippen LogP contribution in [0.4, 0.5) is 5.95 Å². The minimum absolute atomic E-state index is 0.106. The number of rotatable bonds is 4. The molecule has 1 aromatic heterocycles. The lowest BCUT2D eigenvalue weighted by molar-refractivity contribution is 0.0950. The van der Waals surface area contributed by atoms with Crippen molar-refractivity contribution in [2.75, 3.05) is 19.0 Å². The molecule has 1 N–H and O–H groups in total. The van der Waals surface area contributed by atoms with Crippen LogP contribution in [0.2, 0.25) is 0 Å². The Bertz CT molecular complexity index is 554. The second kappa shape index (κ2) is 5.95. The second-order valence-corrected chi connectivity index (χ2v) is 4.29. The van der Waals surface area contributed by atoms with Gasteiger partial charge in [-0.3, -0.25) is 4.79 Å². The lowest BCUT2D eigenvalue weighted by Gasteiger charge is -2.11. The predicted molar refractivity (Wildman–Crippen MR) is 74.0 cm³/mol. The minimum atomic E-state index is -0.106. The summed E-state index contributed by atoms with van der Waals surface area (Å²) in [7, 11) is 3.75. The van der Waals surface area contributed by atoms with Gasteiger partial charge in [0, 0.05) is 25.9 Å². The molecule has 0 aliphatic rings. The quantitative estimate of drug-likeness (QED) is 0.900. The predicted octanol–water partition coefficient (Wildman–Crippen LogP) is 1.47. The fourth-order valence-electron chi connectivity index (χ4n) is 1.56. The van der Waals surface area contributed by atoms with E-state index in [-0.39, 0.29) is 5.91 Å². The van der Waals surface area contributed by atoms with Crippen molar-refractivity contribution in [3.8, 4) is 0 Å². The summed E-state index contributed by atoms with van der Waals surface area (Å²) in [5.74, 6) is 0.525. The molecule has 0 spiro atoms. The van der Waals surface area contributed by atoms with Gasteiger partial charge in [0.1, 0.15) is 0 Å². The lowest BCUT2D eigenvalue weighted by atomic mass is 10.2. The number of carbonyl (C=O) groups excluding carboxylic acids is 1. The number of carbonyl (C=O) groups is 1. The molecule has 0 unspecified atom stereocenters. The van der Waals surface area contributed by atoms with Gasteiger partial charge in [-0.25, -0.2) is 9.97 Å². The third-order valence-electron chi connectivity index (χ3n) is 2.57. The molecule has 5 heteroatoms. The Morgan fingerprint density at radius 1 is 1.21 bits per heavy atom. The molecule has 98 valence electrons. The van der Waals surface area contributed by atoms with E-state index in [4.69, 9.17) is 0 Å². The Kier molecular flexibility index (Phi) is 4.07. The number of benzene rings is 1. The number of nitrogens with zero attached hydrogens (tertiary/aromatic N) is 3. The maximum absolute atomic E-state index is 11.9. The molecule has 1 heterocycles. The van der Waals surface area contributed by atoms with E-state index in [1.54, 1.807) is 24.4 Å². The Labute approximate surface area is 112 Å². The third kappa shape index (κ3) is 3.51. The summed E-state index contributed by atoms with van der Waals surface area (Å²) in [6.45, 7) is 0.386. The molecule has 0 aliphatic heterocycles. The molecular formula is C14H16N4O. The molecule has 0 radical (unpaired) electrons. The summed E-state index contributed by atoms with van der Waals surface area (Å²) < 4.78 is 0. The number of aromatic nitrogens is 2. The van der Waals surface area contributed by atoms with Gasteiger partial charge in [-0.15, -0.1) is 0 Å². The molecule has 2 aromatic rings. The first kappa shape index (κ1) is 13.0. The highest BCUT2D eigenvalue weighted by atomic mass is 16.1. The molecule has 1 aromatic carbocycles. The van der Waals surface area contributed by atoms with Gasteiger partial charge < -0.3 is 10.2 Å². The maximum Gasteiger partial charge on any atom is 0.251 e. The van der Waals surface area contributed by atoms with Crippen LogP contribution in [0.25, 0.3) is 0 Å². The Morgan fingerprint density at radius 3 is 2.63 bits per heavy atom. The van der Waals surface area contributed by atoms with Crippen LogP contribution in [0.1, 0.15) is 16.1 Å². The van der Waals surface area contributed by atoms with Crippen molar-refractivity contribution in [3.05, 3.63) is 53.9 Å². The Hall–Kier alpha value is -2.43. The highest BCUT2D eigenvalue weighted by molar-refractivity contribution is 5.94. The molecule has 0 aliphatic carbocycles. The van der Waals surface area contributed by atoms with Crippen molar-refractivity contribution < 1.29 is 4.79 Å². The maximum atomic E-state index is 11.9. The van der Waals surface area contributed by atoms with Crippen LogP contribution in [0.5, 0.6) is 0 Å². The highest BCUT2D eigenvalue weighted by Crippen LogP contribution is 2.04. The van der Waals surface area contributed by atoms with E-state index in [1.165, 1.54) is 0 Å². The first-order valence-electron chi connectivity index (χ1n) is 5.99. The number of nitrogens with one attached hydrogen (secondary N) is 1. The topological polar surface area (TPSA) is 58.1 Å². The molecule has 0 saturated heterocycles. The van der Waals surface area contributed by atoms with Crippen molar-refractivity contribution >= 4 is 11.9 Å². The van der Waals surface area contributed by atoms with Gasteiger partial charge in [-0.1, -0.05) is 18.2 Å². The summed E-state index contributed by atoms with van der Waals surface area (Å²) in [6, 6.07) is 10.9. The summed E-state index contributed by atoms with van der Waals surface area (Å²) >= 11 is 0. The highest BCUT2D eigenvalue weighted by Gasteiger charge is 2.05. The smallest absolute Gasteiger partial charge is 0.251 e. The standard InChI is InChI=1S/C14H16N4O/c1-18(2)14-15-9-8-12(17-14)10-16-13(19)11-6-4-3-5-7-11/h3-9H,10H2,1-2H3,(H,16,19). The zero-order chi connectivity index (χ0) is 13.7. The molecule has 1 amide bonds. The molecule has 0 atom stereocenters. The fraction of sp³-hybridized carbons (Fsp3) is 0.214. The van der Waals surface area contributed by atoms with Gasteiger partial charge >= 0.3 is 0 Å². The van der Waals surface area contributed by atoms with Crippen LogP contribution >= 0.6 is 0 Å². The van der Waals surface area contributed by atoms with Crippen LogP contribution < -0.4 is 10.2 Å². The van der Waals surface area contributed by atoms with Crippen molar-refractivity contribution in [1.82, 2.24) is 15.3 Å². The molecule has 19 heavy (non-hydrogen) atoms. The van der Waals surface area contributed by atoms with Gasteiger partial charge in [-0.2, -0.15) is 0 Å². The summed E-state index contributed by atoms with van der Waals surface area (Å²) in [6.07, 6.45) is 1.69. The van der Waals surface area contributed by atoms with E-state index in [9.17, 15) is 4.79 Å². The van der Waals surface area contributed by atoms with Crippen molar-refractivity contribution in [1.29, 1.82) is 0 Å². The van der Waals surface area contributed by atoms with E-state index in [1.807, 2.05) is 37.2 Å². The average Bonchev–Trinajstić information content (AvgIpc) is 2.46. The summed E-state index contributed by atoms with van der Waals surface area (Å²) in [4.78, 5) is 22.2. The number of amides is 1. The molecule has 0 bridgehead atoms. The second-order valence-electron chi connectivity index (χ2n) is 4.29. The van der Waals surface area contributed by atoms with Crippen LogP contribution in [-0.2, 0) is 6.54 Å². The van der Waals surface area contributed by atoms with Gasteiger partial charge in [-0.05, 0) is 18.2 Å². The van der Waals surface area contributed by atoms with E-state index < -0.39 is 0 Å². The first-order chi connectivity index (χ1) is 9.16. The van der Waals surface area contributed by atoms with Crippen LogP contribution in [0, 0.1) is 0 Å². The summed E-state index contributed by atoms with van der Waals surface area (Å²) in [5.41, 5.74) is 1.42. The van der Waals surface area contributed by atoms with Crippen molar-refractivity contribution in [3.63, 3.8) is 0 Å². The van der Waals surface area contributed by atoms with Gasteiger partial charge in [0.05, 0.1) is 12.2 Å². The Morgan fingerprint density at radius 2 is 1.95 bits per heavy atom. The average molecular weight is 256 g/mol. The number of hydrogen-bond donors (Lipinski definition) is 1. The first-order valence-corrected chi connectivity index (χ1v) is 5.99. The van der Waals surface area contributed by atoms with E-state index >= 15 is 0 Å². The zero-order valence-electron chi connectivity index (χ0n) is 11.0. The van der Waals surface area contributed by atoms with Crippen LogP contribution in [0.3, 0.4) is 0 Å². The van der Waals surface area contributed by atoms with Gasteiger partial charge in [0.15, 0.2) is 0 Å². The van der Waals surface area contributed by atoms with E-state index in [2.05, 4.69) is 15.3 Å². The van der Waals surface area contributed by atoms with Crippen molar-refractivity contribution in [2.24, 2.45) is 0 Å². The molecule has 0 fully saturated rings. The van der Waals surface area contributed by atoms with E-state index in [0.717, 1.165) is 5.69 Å². The zero-order valence-corrected chi connectivity index (χ0v) is 11.0. The molecular weight excluding hydrogens is 240 g/mol. The monoisotopic (exact) mass is 256 g/mol. The number of hydrogen-bond acceptors (Lipinski definition) is 4. The van der Waals surface area contributed by atoms with Gasteiger partial charge in [0.2, 0.25) is 5.95 Å².